The first-order valence-electron chi connectivity index (χ1n) is 22.9. The summed E-state index contributed by atoms with van der Waals surface area (Å²) >= 11 is 0. The number of nitrogens with one attached hydrogen (secondary N) is 3. The molecule has 13 nitrogen and oxygen atoms in total. The highest BCUT2D eigenvalue weighted by Gasteiger charge is 2.41. The number of rotatable bonds is 13. The van der Waals surface area contributed by atoms with E-state index in [1.165, 1.54) is 7.11 Å². The molecule has 13 heteroatoms. The monoisotopic (exact) mass is 862 g/mol. The molecular weight excluding hydrogens is 805 g/mol. The van der Waals surface area contributed by atoms with E-state index in [-0.39, 0.29) is 35.9 Å². The lowest BCUT2D eigenvalue weighted by atomic mass is 9.90. The smallest absolute Gasteiger partial charge is 0.407 e. The Labute approximate surface area is 374 Å². The normalized spacial score (nSPS) is 19.0. The van der Waals surface area contributed by atoms with E-state index in [0.29, 0.717) is 32.6 Å². The number of imidazole rings is 2. The Balaban J connectivity index is 0.871. The summed E-state index contributed by atoms with van der Waals surface area (Å²) in [5.74, 6) is 1.58. The van der Waals surface area contributed by atoms with Crippen molar-refractivity contribution in [2.45, 2.75) is 76.5 Å². The van der Waals surface area contributed by atoms with Gasteiger partial charge in [-0.15, -0.1) is 0 Å². The Kier molecular flexibility index (Phi) is 12.9. The SMILES string of the molecule is CCN(CC)[C@@H](C(=O)N1CCC[C@H]1c1ncc(-c2ccc(-c3ccc4cc(-c5cnc([C@@H]6CCCN6C(=O)C(NC(=O)OC)C6CCOCC6)[nH]5)ccc4c3)cc2)[nH]1)c1ccccc1. The Morgan fingerprint density at radius 3 is 1.88 bits per heavy atom. The van der Waals surface area contributed by atoms with Crippen LogP contribution in [0.2, 0.25) is 0 Å². The summed E-state index contributed by atoms with van der Waals surface area (Å²) in [7, 11) is 1.32. The summed E-state index contributed by atoms with van der Waals surface area (Å²) in [5, 5.41) is 5.06. The Hall–Kier alpha value is -6.31. The van der Waals surface area contributed by atoms with Crippen LogP contribution in [0.3, 0.4) is 0 Å². The fraction of sp³-hybridized carbons (Fsp3) is 0.392. The fourth-order valence-electron chi connectivity index (χ4n) is 10.1. The molecule has 3 aliphatic rings. The molecule has 0 radical (unpaired) electrons. The molecule has 4 atom stereocenters. The summed E-state index contributed by atoms with van der Waals surface area (Å²) < 4.78 is 10.4. The van der Waals surface area contributed by atoms with Gasteiger partial charge in [0.05, 0.1) is 43.0 Å². The van der Waals surface area contributed by atoms with Crippen LogP contribution in [0.15, 0.2) is 103 Å². The second kappa shape index (κ2) is 19.2. The Morgan fingerprint density at radius 1 is 0.719 bits per heavy atom. The number of fused-ring (bicyclic) bond motifs is 1. The average molecular weight is 863 g/mol. The summed E-state index contributed by atoms with van der Waals surface area (Å²) in [6, 6.07) is 30.3. The van der Waals surface area contributed by atoms with Crippen molar-refractivity contribution in [3.8, 4) is 33.6 Å². The zero-order valence-corrected chi connectivity index (χ0v) is 37.0. The number of H-pyrrole nitrogens is 2. The molecule has 3 fully saturated rings. The number of likely N-dealkylation sites (N-methyl/N-ethyl adjacent to an activating group) is 1. The molecule has 0 spiro atoms. The highest BCUT2D eigenvalue weighted by molar-refractivity contribution is 5.91. The number of methoxy groups -OCH3 is 1. The average Bonchev–Trinajstić information content (AvgIpc) is 4.20. The lowest BCUT2D eigenvalue weighted by molar-refractivity contribution is -0.138. The molecule has 3 amide bonds. The number of carbonyl (C=O) groups excluding carboxylic acids is 3. The minimum Gasteiger partial charge on any atom is -0.453 e. The largest absolute Gasteiger partial charge is 0.453 e. The first kappa shape index (κ1) is 43.0. The number of alkyl carbamates (subject to hydrolysis) is 1. The maximum absolute atomic E-state index is 14.3. The fourth-order valence-corrected chi connectivity index (χ4v) is 10.1. The van der Waals surface area contributed by atoms with Crippen LogP contribution >= 0.6 is 0 Å². The third kappa shape index (κ3) is 8.79. The van der Waals surface area contributed by atoms with E-state index in [4.69, 9.17) is 19.4 Å². The molecular formula is C51H58N8O5. The molecule has 332 valence electrons. The zero-order chi connectivity index (χ0) is 44.2. The van der Waals surface area contributed by atoms with Crippen molar-refractivity contribution in [1.82, 2.24) is 40.0 Å². The van der Waals surface area contributed by atoms with Crippen LogP contribution in [0.1, 0.15) is 87.7 Å². The van der Waals surface area contributed by atoms with Gasteiger partial charge >= 0.3 is 6.09 Å². The molecule has 4 aromatic carbocycles. The van der Waals surface area contributed by atoms with E-state index in [1.807, 2.05) is 40.4 Å². The van der Waals surface area contributed by atoms with E-state index in [1.54, 1.807) is 0 Å². The number of carbonyl (C=O) groups is 3. The van der Waals surface area contributed by atoms with Crippen molar-refractivity contribution in [1.29, 1.82) is 0 Å². The molecule has 3 saturated heterocycles. The maximum atomic E-state index is 14.3. The number of aromatic amines is 2. The lowest BCUT2D eigenvalue weighted by Crippen LogP contribution is -2.53. The van der Waals surface area contributed by atoms with Gasteiger partial charge in [-0.25, -0.2) is 14.8 Å². The molecule has 0 aliphatic carbocycles. The van der Waals surface area contributed by atoms with Crippen molar-refractivity contribution in [2.75, 3.05) is 46.5 Å². The van der Waals surface area contributed by atoms with Gasteiger partial charge < -0.3 is 34.6 Å². The van der Waals surface area contributed by atoms with Gasteiger partial charge in [-0.1, -0.05) is 92.7 Å². The second-order valence-electron chi connectivity index (χ2n) is 17.2. The third-order valence-electron chi connectivity index (χ3n) is 13.6. The number of benzene rings is 4. The number of nitrogens with zero attached hydrogens (tertiary/aromatic N) is 5. The van der Waals surface area contributed by atoms with E-state index < -0.39 is 12.1 Å². The standard InChI is InChI=1S/C51H58N8O5/c1-4-57(5-2)46(36-11-7-6-8-12-36)50(61)59-26-10-14-44(59)48-52-31-41(54-48)34-17-15-33(16-18-34)37-19-20-39-30-40(22-21-38(39)29-37)42-32-53-47(55-42)43-13-9-25-58(43)49(60)45(56-51(62)63-3)35-23-27-64-28-24-35/h6-8,11-12,15-22,29-32,35,43-46H,4-5,9-10,13-14,23-28H2,1-3H3,(H,52,54)(H,53,55)(H,56,62)/t43-,44-,45?,46+/m0/s1. The number of likely N-dealkylation sites (tertiary alicyclic amines) is 2. The Morgan fingerprint density at radius 2 is 1.27 bits per heavy atom. The number of amides is 3. The van der Waals surface area contributed by atoms with Gasteiger partial charge in [0.15, 0.2) is 0 Å². The molecule has 2 aromatic heterocycles. The van der Waals surface area contributed by atoms with Crippen LogP contribution in [0, 0.1) is 5.92 Å². The van der Waals surface area contributed by atoms with Crippen molar-refractivity contribution in [3.05, 3.63) is 121 Å². The number of hydrogen-bond acceptors (Lipinski definition) is 8. The summed E-state index contributed by atoms with van der Waals surface area (Å²) in [6.07, 6.45) is 7.99. The molecule has 3 aliphatic heterocycles. The van der Waals surface area contributed by atoms with E-state index in [0.717, 1.165) is 107 Å². The summed E-state index contributed by atoms with van der Waals surface area (Å²) in [4.78, 5) is 63.4. The quantitative estimate of drug-likeness (QED) is 0.104. The highest BCUT2D eigenvalue weighted by atomic mass is 16.5. The van der Waals surface area contributed by atoms with Crippen molar-refractivity contribution < 1.29 is 23.9 Å². The second-order valence-corrected chi connectivity index (χ2v) is 17.2. The molecule has 5 heterocycles. The minimum atomic E-state index is -0.677. The number of aromatic nitrogens is 4. The molecule has 9 rings (SSSR count). The topological polar surface area (TPSA) is 149 Å². The van der Waals surface area contributed by atoms with Crippen LogP contribution in [-0.2, 0) is 19.1 Å². The van der Waals surface area contributed by atoms with Crippen LogP contribution in [0.4, 0.5) is 4.79 Å². The van der Waals surface area contributed by atoms with E-state index in [9.17, 15) is 14.4 Å². The van der Waals surface area contributed by atoms with Gasteiger partial charge in [-0.2, -0.15) is 0 Å². The molecule has 64 heavy (non-hydrogen) atoms. The molecule has 1 unspecified atom stereocenters. The predicted octanol–water partition coefficient (Wildman–Crippen LogP) is 8.85. The van der Waals surface area contributed by atoms with E-state index in [2.05, 4.69) is 107 Å². The van der Waals surface area contributed by atoms with Gasteiger partial charge in [-0.05, 0) is 103 Å². The highest BCUT2D eigenvalue weighted by Crippen LogP contribution is 2.37. The zero-order valence-electron chi connectivity index (χ0n) is 37.0. The van der Waals surface area contributed by atoms with Gasteiger partial charge in [-0.3, -0.25) is 14.5 Å². The number of ether oxygens (including phenoxy) is 2. The molecule has 0 bridgehead atoms. The maximum Gasteiger partial charge on any atom is 0.407 e. The predicted molar refractivity (Wildman–Crippen MR) is 247 cm³/mol. The minimum absolute atomic E-state index is 0.0207. The van der Waals surface area contributed by atoms with Gasteiger partial charge in [0.1, 0.15) is 23.7 Å². The summed E-state index contributed by atoms with van der Waals surface area (Å²) in [5.41, 5.74) is 7.12. The Bertz CT molecular complexity index is 2560. The van der Waals surface area contributed by atoms with Crippen molar-refractivity contribution >= 4 is 28.7 Å². The van der Waals surface area contributed by atoms with Gasteiger partial charge in [0, 0.05) is 31.9 Å². The van der Waals surface area contributed by atoms with Crippen LogP contribution < -0.4 is 5.32 Å². The molecule has 6 aromatic rings. The third-order valence-corrected chi connectivity index (χ3v) is 13.6. The van der Waals surface area contributed by atoms with Crippen molar-refractivity contribution in [3.63, 3.8) is 0 Å². The van der Waals surface area contributed by atoms with E-state index >= 15 is 0 Å². The van der Waals surface area contributed by atoms with Crippen LogP contribution in [0.25, 0.3) is 44.4 Å². The molecule has 3 N–H and O–H groups in total. The van der Waals surface area contributed by atoms with Gasteiger partial charge in [0.2, 0.25) is 11.8 Å². The first-order valence-corrected chi connectivity index (χ1v) is 22.9. The summed E-state index contributed by atoms with van der Waals surface area (Å²) in [6.45, 7) is 8.26. The van der Waals surface area contributed by atoms with Crippen LogP contribution in [0.5, 0.6) is 0 Å². The van der Waals surface area contributed by atoms with Gasteiger partial charge in [0.25, 0.3) is 0 Å². The first-order chi connectivity index (χ1) is 31.3. The molecule has 0 saturated carbocycles. The van der Waals surface area contributed by atoms with Crippen LogP contribution in [-0.4, -0.2) is 105 Å². The van der Waals surface area contributed by atoms with Crippen molar-refractivity contribution in [2.24, 2.45) is 5.92 Å². The number of hydrogen-bond donors (Lipinski definition) is 3. The lowest BCUT2D eigenvalue weighted by Gasteiger charge is -2.34.